The minimum atomic E-state index is -3.15. The number of likely N-dealkylation sites (N-methyl/N-ethyl adjacent to an activating group) is 1. The Morgan fingerprint density at radius 3 is 2.40 bits per heavy atom. The maximum absolute atomic E-state index is 12.0. The highest BCUT2D eigenvalue weighted by Crippen LogP contribution is 2.23. The molecule has 0 aromatic carbocycles. The van der Waals surface area contributed by atoms with Crippen LogP contribution < -0.4 is 5.32 Å². The fourth-order valence-corrected chi connectivity index (χ4v) is 2.90. The SMILES string of the molecule is CCNC(Cc1cc(CC)nn1C)C(C)(C)S(C)(=O)=O. The maximum Gasteiger partial charge on any atom is 0.154 e. The summed E-state index contributed by atoms with van der Waals surface area (Å²) in [4.78, 5) is 0. The normalized spacial score (nSPS) is 14.5. The van der Waals surface area contributed by atoms with Gasteiger partial charge in [-0.15, -0.1) is 0 Å². The Labute approximate surface area is 122 Å². The fourth-order valence-electron chi connectivity index (χ4n) is 2.21. The van der Waals surface area contributed by atoms with E-state index in [1.165, 1.54) is 6.26 Å². The summed E-state index contributed by atoms with van der Waals surface area (Å²) in [5, 5.41) is 7.74. The predicted octanol–water partition coefficient (Wildman–Crippen LogP) is 1.33. The largest absolute Gasteiger partial charge is 0.312 e. The van der Waals surface area contributed by atoms with Crippen LogP contribution in [-0.4, -0.2) is 41.8 Å². The number of nitrogens with zero attached hydrogens (tertiary/aromatic N) is 2. The third kappa shape index (κ3) is 3.61. The summed E-state index contributed by atoms with van der Waals surface area (Å²) < 4.78 is 25.1. The molecular weight excluding hydrogens is 274 g/mol. The average Bonchev–Trinajstić information content (AvgIpc) is 2.68. The summed E-state index contributed by atoms with van der Waals surface area (Å²) in [6, 6.07) is 1.92. The summed E-state index contributed by atoms with van der Waals surface area (Å²) in [6.07, 6.45) is 2.84. The Morgan fingerprint density at radius 2 is 2.00 bits per heavy atom. The lowest BCUT2D eigenvalue weighted by Gasteiger charge is -2.33. The number of nitrogens with one attached hydrogen (secondary N) is 1. The highest BCUT2D eigenvalue weighted by molar-refractivity contribution is 7.92. The van der Waals surface area contributed by atoms with Gasteiger partial charge in [-0.1, -0.05) is 13.8 Å². The van der Waals surface area contributed by atoms with Crippen LogP contribution in [0.2, 0.25) is 0 Å². The standard InChI is InChI=1S/C14H27N3O2S/c1-7-11-9-12(17(5)16-11)10-13(15-8-2)14(3,4)20(6,18)19/h9,13,15H,7-8,10H2,1-6H3. The molecule has 20 heavy (non-hydrogen) atoms. The molecule has 1 unspecified atom stereocenters. The Hall–Kier alpha value is -0.880. The van der Waals surface area contributed by atoms with E-state index in [9.17, 15) is 8.42 Å². The van der Waals surface area contributed by atoms with E-state index in [1.807, 2.05) is 18.7 Å². The van der Waals surface area contributed by atoms with Crippen molar-refractivity contribution in [1.29, 1.82) is 0 Å². The van der Waals surface area contributed by atoms with E-state index in [0.717, 1.165) is 24.4 Å². The molecule has 6 heteroatoms. The topological polar surface area (TPSA) is 64.0 Å². The number of rotatable bonds is 7. The first-order chi connectivity index (χ1) is 9.13. The Kier molecular flexibility index (Phi) is 5.38. The van der Waals surface area contributed by atoms with Gasteiger partial charge in [-0.05, 0) is 32.9 Å². The number of hydrogen-bond acceptors (Lipinski definition) is 4. The number of aryl methyl sites for hydroxylation is 2. The molecule has 5 nitrogen and oxygen atoms in total. The predicted molar refractivity (Wildman–Crippen MR) is 82.7 cm³/mol. The highest BCUT2D eigenvalue weighted by Gasteiger charge is 2.38. The first-order valence-electron chi connectivity index (χ1n) is 7.08. The summed E-state index contributed by atoms with van der Waals surface area (Å²) in [5.41, 5.74) is 2.10. The van der Waals surface area contributed by atoms with E-state index in [2.05, 4.69) is 23.4 Å². The Bertz CT molecular complexity index is 547. The van der Waals surface area contributed by atoms with Crippen molar-refractivity contribution in [2.75, 3.05) is 12.8 Å². The second-order valence-corrected chi connectivity index (χ2v) is 8.39. The van der Waals surface area contributed by atoms with Gasteiger partial charge in [-0.2, -0.15) is 5.10 Å². The van der Waals surface area contributed by atoms with Crippen molar-refractivity contribution < 1.29 is 8.42 Å². The molecule has 1 aromatic heterocycles. The number of sulfone groups is 1. The van der Waals surface area contributed by atoms with Gasteiger partial charge in [-0.25, -0.2) is 8.42 Å². The van der Waals surface area contributed by atoms with Crippen LogP contribution in [0.3, 0.4) is 0 Å². The molecule has 0 aliphatic carbocycles. The van der Waals surface area contributed by atoms with Crippen molar-refractivity contribution in [2.45, 2.75) is 51.3 Å². The first kappa shape index (κ1) is 17.2. The van der Waals surface area contributed by atoms with Gasteiger partial charge in [0.15, 0.2) is 9.84 Å². The molecule has 1 N–H and O–H groups in total. The van der Waals surface area contributed by atoms with Crippen LogP contribution >= 0.6 is 0 Å². The summed E-state index contributed by atoms with van der Waals surface area (Å²) >= 11 is 0. The third-order valence-corrected chi connectivity index (χ3v) is 6.24. The average molecular weight is 301 g/mol. The van der Waals surface area contributed by atoms with Crippen molar-refractivity contribution in [1.82, 2.24) is 15.1 Å². The summed E-state index contributed by atoms with van der Waals surface area (Å²) in [7, 11) is -1.24. The smallest absolute Gasteiger partial charge is 0.154 e. The molecule has 0 spiro atoms. The van der Waals surface area contributed by atoms with Gasteiger partial charge < -0.3 is 5.32 Å². The molecule has 1 heterocycles. The van der Waals surface area contributed by atoms with Gasteiger partial charge in [0, 0.05) is 31.5 Å². The summed E-state index contributed by atoms with van der Waals surface area (Å²) in [6.45, 7) is 8.36. The lowest BCUT2D eigenvalue weighted by atomic mass is 9.98. The van der Waals surface area contributed by atoms with Gasteiger partial charge in [0.05, 0.1) is 10.4 Å². The first-order valence-corrected chi connectivity index (χ1v) is 8.97. The molecule has 0 fully saturated rings. The van der Waals surface area contributed by atoms with Gasteiger partial charge in [0.2, 0.25) is 0 Å². The van der Waals surface area contributed by atoms with Crippen molar-refractivity contribution in [3.63, 3.8) is 0 Å². The van der Waals surface area contributed by atoms with Gasteiger partial charge in [0.1, 0.15) is 0 Å². The number of aromatic nitrogens is 2. The lowest BCUT2D eigenvalue weighted by Crippen LogP contribution is -2.52. The van der Waals surface area contributed by atoms with Crippen LogP contribution in [0.4, 0.5) is 0 Å². The fraction of sp³-hybridized carbons (Fsp3) is 0.786. The van der Waals surface area contributed by atoms with E-state index in [1.54, 1.807) is 13.8 Å². The van der Waals surface area contributed by atoms with E-state index in [4.69, 9.17) is 0 Å². The second kappa shape index (κ2) is 6.26. The molecule has 0 aliphatic heterocycles. The van der Waals surface area contributed by atoms with Gasteiger partial charge in [0.25, 0.3) is 0 Å². The van der Waals surface area contributed by atoms with Crippen molar-refractivity contribution in [3.8, 4) is 0 Å². The minimum absolute atomic E-state index is 0.136. The molecule has 0 aliphatic rings. The van der Waals surface area contributed by atoms with Crippen LogP contribution in [0, 0.1) is 0 Å². The molecule has 116 valence electrons. The molecule has 0 radical (unpaired) electrons. The zero-order chi connectivity index (χ0) is 15.6. The monoisotopic (exact) mass is 301 g/mol. The molecular formula is C14H27N3O2S. The maximum atomic E-state index is 12.0. The molecule has 1 atom stereocenters. The van der Waals surface area contributed by atoms with E-state index >= 15 is 0 Å². The van der Waals surface area contributed by atoms with Crippen LogP contribution in [0.1, 0.15) is 39.1 Å². The van der Waals surface area contributed by atoms with Crippen molar-refractivity contribution in [2.24, 2.45) is 7.05 Å². The van der Waals surface area contributed by atoms with E-state index < -0.39 is 14.6 Å². The van der Waals surface area contributed by atoms with Crippen LogP contribution in [0.25, 0.3) is 0 Å². The van der Waals surface area contributed by atoms with E-state index in [-0.39, 0.29) is 6.04 Å². The van der Waals surface area contributed by atoms with Crippen LogP contribution in [0.15, 0.2) is 6.07 Å². The zero-order valence-corrected chi connectivity index (χ0v) is 14.2. The molecule has 0 saturated carbocycles. The second-order valence-electron chi connectivity index (χ2n) is 5.79. The van der Waals surface area contributed by atoms with E-state index in [0.29, 0.717) is 6.42 Å². The molecule has 0 saturated heterocycles. The highest BCUT2D eigenvalue weighted by atomic mass is 32.2. The molecule has 1 rings (SSSR count). The third-order valence-electron chi connectivity index (χ3n) is 4.05. The van der Waals surface area contributed by atoms with Crippen molar-refractivity contribution in [3.05, 3.63) is 17.5 Å². The lowest BCUT2D eigenvalue weighted by molar-refractivity contribution is 0.406. The Balaban J connectivity index is 3.06. The Morgan fingerprint density at radius 1 is 1.40 bits per heavy atom. The number of hydrogen-bond donors (Lipinski definition) is 1. The summed E-state index contributed by atoms with van der Waals surface area (Å²) in [5.74, 6) is 0. The quantitative estimate of drug-likeness (QED) is 0.825. The molecule has 0 bridgehead atoms. The van der Waals surface area contributed by atoms with Crippen LogP contribution in [-0.2, 0) is 29.7 Å². The van der Waals surface area contributed by atoms with Gasteiger partial charge in [-0.3, -0.25) is 4.68 Å². The zero-order valence-electron chi connectivity index (χ0n) is 13.4. The van der Waals surface area contributed by atoms with Crippen molar-refractivity contribution >= 4 is 9.84 Å². The van der Waals surface area contributed by atoms with Crippen LogP contribution in [0.5, 0.6) is 0 Å². The minimum Gasteiger partial charge on any atom is -0.312 e. The molecule has 1 aromatic rings. The molecule has 0 amide bonds. The van der Waals surface area contributed by atoms with Gasteiger partial charge >= 0.3 is 0 Å².